The van der Waals surface area contributed by atoms with Crippen LogP contribution in [0.15, 0.2) is 35.1 Å². The lowest BCUT2D eigenvalue weighted by atomic mass is 9.99. The molecule has 11 heteroatoms. The van der Waals surface area contributed by atoms with Gasteiger partial charge in [0.15, 0.2) is 0 Å². The molecule has 33 heavy (non-hydrogen) atoms. The summed E-state index contributed by atoms with van der Waals surface area (Å²) in [5.74, 6) is -0.460. The van der Waals surface area contributed by atoms with Crippen LogP contribution in [-0.2, 0) is 6.42 Å². The first-order valence-corrected chi connectivity index (χ1v) is 11.1. The molecule has 6 rings (SSSR count). The quantitative estimate of drug-likeness (QED) is 0.511. The number of hydrogen-bond donors (Lipinski definition) is 1. The van der Waals surface area contributed by atoms with Crippen LogP contribution in [0.3, 0.4) is 0 Å². The maximum atomic E-state index is 13.5. The van der Waals surface area contributed by atoms with E-state index >= 15 is 0 Å². The molecule has 170 valence electrons. The van der Waals surface area contributed by atoms with Gasteiger partial charge in [-0.25, -0.2) is 13.9 Å². The average molecular weight is 450 g/mol. The molecule has 0 bridgehead atoms. The third kappa shape index (κ3) is 3.35. The van der Waals surface area contributed by atoms with E-state index < -0.39 is 12.2 Å². The Labute approximate surface area is 188 Å². The van der Waals surface area contributed by atoms with Gasteiger partial charge in [0.25, 0.3) is 0 Å². The molecular formula is C22H23FN8O2. The van der Waals surface area contributed by atoms with Crippen molar-refractivity contribution < 1.29 is 13.6 Å². The maximum absolute atomic E-state index is 13.5. The topological polar surface area (TPSA) is 108 Å². The van der Waals surface area contributed by atoms with E-state index in [-0.39, 0.29) is 17.8 Å². The van der Waals surface area contributed by atoms with Gasteiger partial charge in [-0.05, 0) is 37.5 Å². The van der Waals surface area contributed by atoms with Gasteiger partial charge in [0.05, 0.1) is 23.2 Å². The molecule has 4 aromatic heterocycles. The number of aromatic nitrogens is 6. The van der Waals surface area contributed by atoms with E-state index in [1.54, 1.807) is 11.2 Å². The van der Waals surface area contributed by atoms with Gasteiger partial charge in [0.2, 0.25) is 0 Å². The highest BCUT2D eigenvalue weighted by atomic mass is 19.1. The summed E-state index contributed by atoms with van der Waals surface area (Å²) in [6.45, 7) is 3.45. The number of carbonyl (C=O) groups excluding carboxylic acids is 1. The van der Waals surface area contributed by atoms with Crippen LogP contribution in [0, 0.1) is 6.92 Å². The van der Waals surface area contributed by atoms with E-state index in [1.807, 2.05) is 40.7 Å². The predicted octanol–water partition coefficient (Wildman–Crippen LogP) is 2.48. The molecule has 6 heterocycles. The van der Waals surface area contributed by atoms with E-state index in [4.69, 9.17) is 9.52 Å². The van der Waals surface area contributed by atoms with Gasteiger partial charge < -0.3 is 19.2 Å². The van der Waals surface area contributed by atoms with Crippen molar-refractivity contribution in [3.05, 3.63) is 59.3 Å². The number of carbonyl (C=O) groups is 1. The Hall–Kier alpha value is -3.76. The SMILES string of the molecule is Cc1cccn2nc(C3c4nc[nH]c4CCN3C(=O)c3nnc(N4CCC(F)CC4)o3)cc12. The zero-order chi connectivity index (χ0) is 22.5. The lowest BCUT2D eigenvalue weighted by Crippen LogP contribution is -2.41. The molecule has 1 amide bonds. The summed E-state index contributed by atoms with van der Waals surface area (Å²) in [5, 5.41) is 12.8. The fraction of sp³-hybridized carbons (Fsp3) is 0.409. The lowest BCUT2D eigenvalue weighted by molar-refractivity contribution is 0.0646. The number of halogens is 1. The van der Waals surface area contributed by atoms with Crippen molar-refractivity contribution in [2.45, 2.75) is 38.4 Å². The number of hydrogen-bond acceptors (Lipinski definition) is 7. The molecule has 1 atom stereocenters. The van der Waals surface area contributed by atoms with Crippen molar-refractivity contribution in [1.29, 1.82) is 0 Å². The van der Waals surface area contributed by atoms with Gasteiger partial charge in [0, 0.05) is 37.9 Å². The number of fused-ring (bicyclic) bond motifs is 2. The lowest BCUT2D eigenvalue weighted by Gasteiger charge is -2.32. The molecule has 0 saturated carbocycles. The summed E-state index contributed by atoms with van der Waals surface area (Å²) in [7, 11) is 0. The second kappa shape index (κ2) is 7.68. The van der Waals surface area contributed by atoms with E-state index in [0.29, 0.717) is 38.9 Å². The van der Waals surface area contributed by atoms with Gasteiger partial charge in [0.1, 0.15) is 12.2 Å². The Morgan fingerprint density at radius 2 is 2.09 bits per heavy atom. The Balaban J connectivity index is 1.35. The minimum atomic E-state index is -0.809. The predicted molar refractivity (Wildman–Crippen MR) is 116 cm³/mol. The summed E-state index contributed by atoms with van der Waals surface area (Å²) < 4.78 is 21.0. The Kier molecular flexibility index (Phi) is 4.63. The van der Waals surface area contributed by atoms with Gasteiger partial charge in [-0.3, -0.25) is 4.79 Å². The van der Waals surface area contributed by atoms with Crippen LogP contribution in [0.5, 0.6) is 0 Å². The number of amides is 1. The van der Waals surface area contributed by atoms with E-state index in [2.05, 4.69) is 20.2 Å². The van der Waals surface area contributed by atoms with Crippen LogP contribution in [0.4, 0.5) is 10.4 Å². The highest BCUT2D eigenvalue weighted by Crippen LogP contribution is 2.34. The van der Waals surface area contributed by atoms with Crippen molar-refractivity contribution in [3.63, 3.8) is 0 Å². The molecule has 2 aliphatic heterocycles. The second-order valence-corrected chi connectivity index (χ2v) is 8.56. The molecule has 4 aromatic rings. The van der Waals surface area contributed by atoms with E-state index in [9.17, 15) is 9.18 Å². The number of imidazole rings is 1. The average Bonchev–Trinajstić information content (AvgIpc) is 3.57. The Morgan fingerprint density at radius 1 is 1.24 bits per heavy atom. The van der Waals surface area contributed by atoms with Crippen LogP contribution in [0.1, 0.15) is 52.2 Å². The second-order valence-electron chi connectivity index (χ2n) is 8.56. The van der Waals surface area contributed by atoms with Gasteiger partial charge >= 0.3 is 17.8 Å². The first kappa shape index (κ1) is 19.9. The molecule has 1 unspecified atom stereocenters. The third-order valence-electron chi connectivity index (χ3n) is 6.49. The van der Waals surface area contributed by atoms with Crippen LogP contribution in [0.2, 0.25) is 0 Å². The zero-order valence-electron chi connectivity index (χ0n) is 18.1. The first-order valence-electron chi connectivity index (χ1n) is 11.1. The largest absolute Gasteiger partial charge is 0.399 e. The molecule has 0 aromatic carbocycles. The number of anilines is 1. The third-order valence-corrected chi connectivity index (χ3v) is 6.49. The van der Waals surface area contributed by atoms with Gasteiger partial charge in [-0.2, -0.15) is 5.10 Å². The Morgan fingerprint density at radius 3 is 2.91 bits per heavy atom. The normalized spacial score (nSPS) is 19.3. The van der Waals surface area contributed by atoms with Crippen LogP contribution in [0.25, 0.3) is 5.52 Å². The summed E-state index contributed by atoms with van der Waals surface area (Å²) >= 11 is 0. The van der Waals surface area contributed by atoms with Crippen LogP contribution >= 0.6 is 0 Å². The summed E-state index contributed by atoms with van der Waals surface area (Å²) in [4.78, 5) is 24.7. The molecule has 0 aliphatic carbocycles. The summed E-state index contributed by atoms with van der Waals surface area (Å²) in [6.07, 6.45) is 4.18. The number of aromatic amines is 1. The van der Waals surface area contributed by atoms with Crippen molar-refractivity contribution in [1.82, 2.24) is 34.7 Å². The number of pyridine rings is 1. The smallest absolute Gasteiger partial charge is 0.318 e. The standard InChI is InChI=1S/C22H23FN8O2/c1-13-3-2-7-31-17(13)11-16(28-31)19-18-15(24-12-25-18)6-10-30(19)21(32)20-26-27-22(33-20)29-8-4-14(23)5-9-29/h2-3,7,11-12,14,19H,4-6,8-10H2,1H3,(H,24,25). The molecule has 10 nitrogen and oxygen atoms in total. The minimum Gasteiger partial charge on any atom is -0.399 e. The molecule has 1 saturated heterocycles. The number of aryl methyl sites for hydroxylation is 1. The zero-order valence-corrected chi connectivity index (χ0v) is 18.1. The number of rotatable bonds is 3. The highest BCUT2D eigenvalue weighted by molar-refractivity contribution is 5.90. The van der Waals surface area contributed by atoms with Crippen molar-refractivity contribution in [2.24, 2.45) is 0 Å². The van der Waals surface area contributed by atoms with Crippen molar-refractivity contribution >= 4 is 17.4 Å². The van der Waals surface area contributed by atoms with Crippen LogP contribution in [-0.4, -0.2) is 66.4 Å². The van der Waals surface area contributed by atoms with E-state index in [0.717, 1.165) is 28.2 Å². The van der Waals surface area contributed by atoms with Crippen molar-refractivity contribution in [3.8, 4) is 0 Å². The number of piperidine rings is 1. The first-order chi connectivity index (χ1) is 16.1. The summed E-state index contributed by atoms with van der Waals surface area (Å²) in [5.41, 5.74) is 4.53. The number of alkyl halides is 1. The fourth-order valence-corrected chi connectivity index (χ4v) is 4.70. The minimum absolute atomic E-state index is 0.0868. The molecule has 1 N–H and O–H groups in total. The Bertz CT molecular complexity index is 1320. The van der Waals surface area contributed by atoms with Crippen LogP contribution < -0.4 is 4.90 Å². The monoisotopic (exact) mass is 450 g/mol. The summed E-state index contributed by atoms with van der Waals surface area (Å²) in [6, 6.07) is 5.72. The maximum Gasteiger partial charge on any atom is 0.318 e. The molecule has 1 fully saturated rings. The number of H-pyrrole nitrogens is 1. The molecule has 0 radical (unpaired) electrons. The molecule has 0 spiro atoms. The number of nitrogens with zero attached hydrogens (tertiary/aromatic N) is 7. The number of nitrogens with one attached hydrogen (secondary N) is 1. The highest BCUT2D eigenvalue weighted by Gasteiger charge is 2.38. The van der Waals surface area contributed by atoms with E-state index in [1.165, 1.54) is 0 Å². The van der Waals surface area contributed by atoms with Crippen molar-refractivity contribution in [2.75, 3.05) is 24.5 Å². The molecular weight excluding hydrogens is 427 g/mol. The molecule has 2 aliphatic rings. The fourth-order valence-electron chi connectivity index (χ4n) is 4.70. The van der Waals surface area contributed by atoms with Gasteiger partial charge in [-0.1, -0.05) is 11.2 Å². The van der Waals surface area contributed by atoms with Gasteiger partial charge in [-0.15, -0.1) is 5.10 Å².